The Hall–Kier alpha value is -1.65. The zero-order valence-corrected chi connectivity index (χ0v) is 15.6. The van der Waals surface area contributed by atoms with Crippen LogP contribution < -0.4 is 10.6 Å². The zero-order chi connectivity index (χ0) is 17.3. The minimum atomic E-state index is 0.0780. The van der Waals surface area contributed by atoms with Gasteiger partial charge >= 0.3 is 0 Å². The Morgan fingerprint density at radius 2 is 2.04 bits per heavy atom. The van der Waals surface area contributed by atoms with Crippen molar-refractivity contribution < 1.29 is 4.79 Å². The highest BCUT2D eigenvalue weighted by Gasteiger charge is 2.57. The van der Waals surface area contributed by atoms with Crippen LogP contribution >= 0.6 is 11.3 Å². The molecule has 1 amide bonds. The third-order valence-electron chi connectivity index (χ3n) is 5.92. The predicted molar refractivity (Wildman–Crippen MR) is 103 cm³/mol. The Morgan fingerprint density at radius 3 is 2.72 bits per heavy atom. The van der Waals surface area contributed by atoms with Crippen molar-refractivity contribution in [1.29, 1.82) is 0 Å². The average Bonchev–Trinajstić information content (AvgIpc) is 3.14. The Bertz CT molecular complexity index is 733. The SMILES string of the molecule is Cc1ccsc1C(Cc1ccccc1)NC(=O)C1CC12CCNCC2. The van der Waals surface area contributed by atoms with E-state index in [0.29, 0.717) is 0 Å². The van der Waals surface area contributed by atoms with Crippen LogP contribution in [0.2, 0.25) is 0 Å². The smallest absolute Gasteiger partial charge is 0.224 e. The Morgan fingerprint density at radius 1 is 1.28 bits per heavy atom. The third-order valence-corrected chi connectivity index (χ3v) is 7.06. The summed E-state index contributed by atoms with van der Waals surface area (Å²) in [7, 11) is 0. The van der Waals surface area contributed by atoms with Gasteiger partial charge < -0.3 is 10.6 Å². The first-order valence-electron chi connectivity index (χ1n) is 9.27. The maximum absolute atomic E-state index is 13.0. The van der Waals surface area contributed by atoms with Crippen LogP contribution in [0.15, 0.2) is 41.8 Å². The fourth-order valence-electron chi connectivity index (χ4n) is 4.27. The monoisotopic (exact) mass is 354 g/mol. The maximum atomic E-state index is 13.0. The first kappa shape index (κ1) is 16.8. The Kier molecular flexibility index (Phi) is 4.65. The minimum absolute atomic E-state index is 0.0780. The molecule has 1 spiro atoms. The molecule has 1 saturated heterocycles. The second-order valence-electron chi connectivity index (χ2n) is 7.59. The lowest BCUT2D eigenvalue weighted by Gasteiger charge is -2.24. The summed E-state index contributed by atoms with van der Waals surface area (Å²) in [5.41, 5.74) is 2.84. The molecule has 132 valence electrons. The summed E-state index contributed by atoms with van der Waals surface area (Å²) in [5.74, 6) is 0.476. The van der Waals surface area contributed by atoms with Crippen LogP contribution in [0.3, 0.4) is 0 Å². The number of carbonyl (C=O) groups excluding carboxylic acids is 1. The van der Waals surface area contributed by atoms with Crippen LogP contribution in [0.4, 0.5) is 0 Å². The number of aryl methyl sites for hydroxylation is 1. The first-order chi connectivity index (χ1) is 12.2. The fourth-order valence-corrected chi connectivity index (χ4v) is 5.25. The number of amides is 1. The van der Waals surface area contributed by atoms with Crippen molar-refractivity contribution in [2.45, 2.75) is 38.6 Å². The largest absolute Gasteiger partial charge is 0.348 e. The Labute approximate surface area is 153 Å². The van der Waals surface area contributed by atoms with E-state index in [1.165, 1.54) is 16.0 Å². The molecule has 1 aromatic heterocycles. The molecule has 2 N–H and O–H groups in total. The summed E-state index contributed by atoms with van der Waals surface area (Å²) in [6.45, 7) is 4.25. The molecule has 2 aliphatic rings. The fraction of sp³-hybridized carbons (Fsp3) is 0.476. The van der Waals surface area contributed by atoms with Gasteiger partial charge in [-0.2, -0.15) is 0 Å². The number of piperidine rings is 1. The number of thiophene rings is 1. The van der Waals surface area contributed by atoms with Crippen LogP contribution in [-0.4, -0.2) is 19.0 Å². The second kappa shape index (κ2) is 6.93. The molecule has 3 nitrogen and oxygen atoms in total. The van der Waals surface area contributed by atoms with Gasteiger partial charge in [0.25, 0.3) is 0 Å². The van der Waals surface area contributed by atoms with Crippen molar-refractivity contribution >= 4 is 17.2 Å². The highest BCUT2D eigenvalue weighted by molar-refractivity contribution is 7.10. The molecule has 0 radical (unpaired) electrons. The molecular formula is C21H26N2OS. The number of nitrogens with one attached hydrogen (secondary N) is 2. The van der Waals surface area contributed by atoms with Gasteiger partial charge in [0.1, 0.15) is 0 Å². The molecule has 1 aliphatic carbocycles. The summed E-state index contributed by atoms with van der Waals surface area (Å²) in [4.78, 5) is 14.2. The van der Waals surface area contributed by atoms with Gasteiger partial charge in [-0.3, -0.25) is 4.79 Å². The zero-order valence-electron chi connectivity index (χ0n) is 14.8. The summed E-state index contributed by atoms with van der Waals surface area (Å²) in [6.07, 6.45) is 4.22. The van der Waals surface area contributed by atoms with Crippen LogP contribution in [0, 0.1) is 18.3 Å². The lowest BCUT2D eigenvalue weighted by molar-refractivity contribution is -0.124. The minimum Gasteiger partial charge on any atom is -0.348 e. The van der Waals surface area contributed by atoms with E-state index in [2.05, 4.69) is 53.3 Å². The van der Waals surface area contributed by atoms with Crippen molar-refractivity contribution in [1.82, 2.24) is 10.6 Å². The summed E-state index contributed by atoms with van der Waals surface area (Å²) in [6, 6.07) is 12.7. The lowest BCUT2D eigenvalue weighted by atomic mass is 9.91. The molecule has 25 heavy (non-hydrogen) atoms. The lowest BCUT2D eigenvalue weighted by Crippen LogP contribution is -2.35. The van der Waals surface area contributed by atoms with E-state index in [-0.39, 0.29) is 23.3 Å². The molecule has 2 atom stereocenters. The molecular weight excluding hydrogens is 328 g/mol. The topological polar surface area (TPSA) is 41.1 Å². The molecule has 4 rings (SSSR count). The molecule has 0 bridgehead atoms. The van der Waals surface area contributed by atoms with Gasteiger partial charge in [-0.1, -0.05) is 30.3 Å². The van der Waals surface area contributed by atoms with E-state index in [1.54, 1.807) is 11.3 Å². The van der Waals surface area contributed by atoms with Crippen LogP contribution in [0.1, 0.15) is 41.3 Å². The van der Waals surface area contributed by atoms with Crippen molar-refractivity contribution in [2.24, 2.45) is 11.3 Å². The van der Waals surface area contributed by atoms with E-state index in [4.69, 9.17) is 0 Å². The summed E-state index contributed by atoms with van der Waals surface area (Å²) in [5, 5.41) is 8.93. The van der Waals surface area contributed by atoms with Gasteiger partial charge in [0, 0.05) is 10.8 Å². The van der Waals surface area contributed by atoms with Gasteiger partial charge in [-0.25, -0.2) is 0 Å². The summed E-state index contributed by atoms with van der Waals surface area (Å²) >= 11 is 1.75. The number of hydrogen-bond donors (Lipinski definition) is 2. The van der Waals surface area contributed by atoms with E-state index in [0.717, 1.165) is 38.8 Å². The van der Waals surface area contributed by atoms with Gasteiger partial charge in [0.2, 0.25) is 5.91 Å². The van der Waals surface area contributed by atoms with E-state index >= 15 is 0 Å². The molecule has 4 heteroatoms. The van der Waals surface area contributed by atoms with Crippen molar-refractivity contribution in [3.63, 3.8) is 0 Å². The van der Waals surface area contributed by atoms with Crippen LogP contribution in [0.25, 0.3) is 0 Å². The quantitative estimate of drug-likeness (QED) is 0.856. The van der Waals surface area contributed by atoms with Crippen molar-refractivity contribution in [3.05, 3.63) is 57.8 Å². The molecule has 2 aromatic rings. The number of carbonyl (C=O) groups is 1. The first-order valence-corrected chi connectivity index (χ1v) is 10.1. The third kappa shape index (κ3) is 3.51. The van der Waals surface area contributed by atoms with Gasteiger partial charge in [-0.05, 0) is 73.7 Å². The molecule has 1 saturated carbocycles. The highest BCUT2D eigenvalue weighted by atomic mass is 32.1. The van der Waals surface area contributed by atoms with Crippen molar-refractivity contribution in [3.8, 4) is 0 Å². The standard InChI is InChI=1S/C21H26N2OS/c1-15-7-12-25-19(15)18(13-16-5-3-2-4-6-16)23-20(24)17-14-21(17)8-10-22-11-9-21/h2-7,12,17-18,22H,8-11,13-14H2,1H3,(H,23,24). The Balaban J connectivity index is 1.49. The van der Waals surface area contributed by atoms with Crippen LogP contribution in [-0.2, 0) is 11.2 Å². The predicted octanol–water partition coefficient (Wildman–Crippen LogP) is 3.85. The van der Waals surface area contributed by atoms with Gasteiger partial charge in [-0.15, -0.1) is 11.3 Å². The molecule has 2 fully saturated rings. The second-order valence-corrected chi connectivity index (χ2v) is 8.54. The average molecular weight is 355 g/mol. The number of hydrogen-bond acceptors (Lipinski definition) is 3. The van der Waals surface area contributed by atoms with E-state index in [9.17, 15) is 4.79 Å². The van der Waals surface area contributed by atoms with Crippen molar-refractivity contribution in [2.75, 3.05) is 13.1 Å². The normalized spacial score (nSPS) is 22.5. The van der Waals surface area contributed by atoms with E-state index in [1.807, 2.05) is 6.07 Å². The summed E-state index contributed by atoms with van der Waals surface area (Å²) < 4.78 is 0. The molecule has 2 heterocycles. The maximum Gasteiger partial charge on any atom is 0.224 e. The molecule has 2 unspecified atom stereocenters. The molecule has 1 aliphatic heterocycles. The number of benzene rings is 1. The molecule has 1 aromatic carbocycles. The van der Waals surface area contributed by atoms with Crippen LogP contribution in [0.5, 0.6) is 0 Å². The van der Waals surface area contributed by atoms with Gasteiger partial charge in [0.15, 0.2) is 0 Å². The van der Waals surface area contributed by atoms with Gasteiger partial charge in [0.05, 0.1) is 6.04 Å². The van der Waals surface area contributed by atoms with E-state index < -0.39 is 0 Å². The number of rotatable bonds is 5. The highest BCUT2D eigenvalue weighted by Crippen LogP contribution is 2.58.